The van der Waals surface area contributed by atoms with Crippen LogP contribution in [0.1, 0.15) is 34.9 Å². The second-order valence-corrected chi connectivity index (χ2v) is 9.20. The predicted octanol–water partition coefficient (Wildman–Crippen LogP) is 6.21. The number of hydrogen-bond donors (Lipinski definition) is 1. The van der Waals surface area contributed by atoms with Crippen LogP contribution in [0.3, 0.4) is 0 Å². The van der Waals surface area contributed by atoms with Gasteiger partial charge in [0.15, 0.2) is 0 Å². The van der Waals surface area contributed by atoms with Gasteiger partial charge in [0.25, 0.3) is 0 Å². The van der Waals surface area contributed by atoms with E-state index in [-0.39, 0.29) is 6.54 Å². The highest BCUT2D eigenvalue weighted by Gasteiger charge is 2.33. The van der Waals surface area contributed by atoms with E-state index in [4.69, 9.17) is 0 Å². The number of fused-ring (bicyclic) bond motifs is 2. The largest absolute Gasteiger partial charge is 0.480 e. The fourth-order valence-electron chi connectivity index (χ4n) is 4.04. The molecule has 0 fully saturated rings. The third kappa shape index (κ3) is 3.27. The molecular weight excluding hydrogens is 411 g/mol. The summed E-state index contributed by atoms with van der Waals surface area (Å²) in [5.74, 6) is -0.969. The number of aryl methyl sites for hydroxylation is 1. The summed E-state index contributed by atoms with van der Waals surface area (Å²) in [6.45, 7) is 5.46. The first-order valence-corrected chi connectivity index (χ1v) is 10.7. The summed E-state index contributed by atoms with van der Waals surface area (Å²) in [4.78, 5) is 12.3. The Kier molecular flexibility index (Phi) is 4.89. The van der Waals surface area contributed by atoms with Crippen LogP contribution in [0.4, 0.5) is 13.2 Å². The van der Waals surface area contributed by atoms with E-state index >= 15 is 0 Å². The second-order valence-electron chi connectivity index (χ2n) is 7.31. The van der Waals surface area contributed by atoms with Gasteiger partial charge in [-0.3, -0.25) is 4.79 Å². The first kappa shape index (κ1) is 20.5. The number of carboxylic acid groups (broad SMARTS) is 1. The molecule has 7 heteroatoms. The molecule has 0 aliphatic carbocycles. The summed E-state index contributed by atoms with van der Waals surface area (Å²) >= 11 is 0. The van der Waals surface area contributed by atoms with Crippen LogP contribution >= 0.6 is 10.5 Å². The molecule has 1 unspecified atom stereocenters. The van der Waals surface area contributed by atoms with Gasteiger partial charge in [0.1, 0.15) is 6.54 Å². The topological polar surface area (TPSA) is 42.2 Å². The Bertz CT molecular complexity index is 1270. The number of alkyl halides is 3. The minimum absolute atomic E-state index is 0.209. The van der Waals surface area contributed by atoms with E-state index < -0.39 is 28.2 Å². The van der Waals surface area contributed by atoms with Crippen LogP contribution in [-0.2, 0) is 17.5 Å². The van der Waals surface area contributed by atoms with E-state index in [1.165, 1.54) is 6.07 Å². The Balaban J connectivity index is 2.04. The smallest absolute Gasteiger partial charge is 0.416 e. The van der Waals surface area contributed by atoms with E-state index in [1.807, 2.05) is 49.7 Å². The maximum Gasteiger partial charge on any atom is 0.416 e. The number of aliphatic carboxylic acids is 1. The minimum Gasteiger partial charge on any atom is -0.480 e. The molecule has 3 aromatic rings. The van der Waals surface area contributed by atoms with Gasteiger partial charge in [-0.25, -0.2) is 0 Å². The molecule has 0 saturated heterocycles. The van der Waals surface area contributed by atoms with Gasteiger partial charge in [-0.1, -0.05) is 17.0 Å². The van der Waals surface area contributed by atoms with E-state index in [2.05, 4.69) is 0 Å². The minimum atomic E-state index is -4.43. The first-order valence-electron chi connectivity index (χ1n) is 9.38. The van der Waals surface area contributed by atoms with Crippen molar-refractivity contribution in [2.24, 2.45) is 0 Å². The lowest BCUT2D eigenvalue weighted by molar-refractivity contribution is -0.138. The number of carbonyl (C=O) groups is 1. The van der Waals surface area contributed by atoms with E-state index in [9.17, 15) is 23.1 Å². The van der Waals surface area contributed by atoms with Crippen molar-refractivity contribution in [2.45, 2.75) is 38.4 Å². The zero-order valence-corrected chi connectivity index (χ0v) is 17.5. The highest BCUT2D eigenvalue weighted by atomic mass is 32.2. The highest BCUT2D eigenvalue weighted by Crippen LogP contribution is 2.49. The van der Waals surface area contributed by atoms with Gasteiger partial charge in [0, 0.05) is 27.1 Å². The molecule has 1 atom stereocenters. The maximum atomic E-state index is 13.4. The van der Waals surface area contributed by atoms with Crippen molar-refractivity contribution in [1.29, 1.82) is 0 Å². The fourth-order valence-corrected chi connectivity index (χ4v) is 5.70. The van der Waals surface area contributed by atoms with Gasteiger partial charge < -0.3 is 9.67 Å². The van der Waals surface area contributed by atoms with E-state index in [1.54, 1.807) is 10.6 Å². The molecule has 3 nitrogen and oxygen atoms in total. The molecule has 2 heterocycles. The number of aromatic nitrogens is 1. The lowest BCUT2D eigenvalue weighted by atomic mass is 9.95. The van der Waals surface area contributed by atoms with Gasteiger partial charge in [0.2, 0.25) is 0 Å². The van der Waals surface area contributed by atoms with Crippen LogP contribution in [0.15, 0.2) is 46.7 Å². The Morgan fingerprint density at radius 2 is 1.90 bits per heavy atom. The van der Waals surface area contributed by atoms with E-state index in [0.717, 1.165) is 44.3 Å². The molecule has 0 bridgehead atoms. The van der Waals surface area contributed by atoms with Crippen molar-refractivity contribution in [3.05, 3.63) is 69.8 Å². The zero-order valence-electron chi connectivity index (χ0n) is 16.7. The van der Waals surface area contributed by atoms with Crippen LogP contribution in [0.2, 0.25) is 0 Å². The molecule has 2 aromatic carbocycles. The van der Waals surface area contributed by atoms with Crippen LogP contribution < -0.4 is 0 Å². The van der Waals surface area contributed by atoms with Crippen molar-refractivity contribution >= 4 is 38.3 Å². The van der Waals surface area contributed by atoms with Crippen LogP contribution in [0.5, 0.6) is 0 Å². The number of rotatable bonds is 3. The summed E-state index contributed by atoms with van der Waals surface area (Å²) in [7, 11) is -0.413. The highest BCUT2D eigenvalue weighted by molar-refractivity contribution is 8.18. The third-order valence-electron chi connectivity index (χ3n) is 5.39. The molecule has 1 N–H and O–H groups in total. The molecule has 0 radical (unpaired) electrons. The molecule has 0 amide bonds. The molecule has 0 saturated carbocycles. The predicted molar refractivity (Wildman–Crippen MR) is 115 cm³/mol. The number of hydrogen-bond acceptors (Lipinski definition) is 1. The number of benzene rings is 2. The summed E-state index contributed by atoms with van der Waals surface area (Å²) in [5, 5.41) is 14.2. The molecule has 0 spiro atoms. The van der Waals surface area contributed by atoms with Gasteiger partial charge in [-0.15, -0.1) is 10.5 Å². The second kappa shape index (κ2) is 7.16. The SMILES string of the molecule is C/C=S1/C=C(c2c(C)n(CC(=O)O)c3ccc(C)cc23)c2cc(C(F)(F)F)ccc21. The quantitative estimate of drug-likeness (QED) is 0.501. The average molecular weight is 431 g/mol. The maximum absolute atomic E-state index is 13.4. The molecule has 4 rings (SSSR count). The van der Waals surface area contributed by atoms with Crippen molar-refractivity contribution < 1.29 is 23.1 Å². The molecule has 1 aliphatic rings. The number of carboxylic acids is 1. The zero-order chi connectivity index (χ0) is 21.8. The van der Waals surface area contributed by atoms with Crippen molar-refractivity contribution in [3.63, 3.8) is 0 Å². The Labute approximate surface area is 174 Å². The monoisotopic (exact) mass is 431 g/mol. The van der Waals surface area contributed by atoms with Crippen molar-refractivity contribution in [2.75, 3.05) is 0 Å². The molecular formula is C23H20F3NO2S. The third-order valence-corrected chi connectivity index (χ3v) is 7.25. The van der Waals surface area contributed by atoms with Crippen molar-refractivity contribution in [1.82, 2.24) is 4.57 Å². The van der Waals surface area contributed by atoms with Crippen molar-refractivity contribution in [3.8, 4) is 0 Å². The van der Waals surface area contributed by atoms with Crippen LogP contribution in [-0.4, -0.2) is 21.0 Å². The lowest BCUT2D eigenvalue weighted by Gasteiger charge is -2.12. The number of nitrogens with zero attached hydrogens (tertiary/aromatic N) is 1. The van der Waals surface area contributed by atoms with Crippen LogP contribution in [0.25, 0.3) is 16.5 Å². The van der Waals surface area contributed by atoms with Gasteiger partial charge in [-0.05, 0) is 67.6 Å². The summed E-state index contributed by atoms with van der Waals surface area (Å²) in [5.41, 5.74) is 3.90. The standard InChI is InChI=1S/C23H20F3NO2S/c1-4-30-12-18(16-10-15(23(24,25)26)6-8-20(16)30)22-14(3)27(11-21(28)29)19-7-5-13(2)9-17(19)22/h4-10,12H,11H2,1-3H3,(H,28,29). The molecule has 1 aliphatic heterocycles. The Morgan fingerprint density at radius 1 is 1.17 bits per heavy atom. The Morgan fingerprint density at radius 3 is 2.53 bits per heavy atom. The summed E-state index contributed by atoms with van der Waals surface area (Å²) < 4.78 is 41.9. The summed E-state index contributed by atoms with van der Waals surface area (Å²) in [6, 6.07) is 9.65. The average Bonchev–Trinajstić information content (AvgIpc) is 3.15. The number of halogens is 3. The van der Waals surface area contributed by atoms with Gasteiger partial charge >= 0.3 is 12.1 Å². The van der Waals surface area contributed by atoms with Gasteiger partial charge in [-0.2, -0.15) is 13.2 Å². The molecule has 156 valence electrons. The van der Waals surface area contributed by atoms with Crippen LogP contribution in [0, 0.1) is 13.8 Å². The molecule has 1 aromatic heterocycles. The lowest BCUT2D eigenvalue weighted by Crippen LogP contribution is -2.10. The first-order chi connectivity index (χ1) is 14.1. The van der Waals surface area contributed by atoms with Gasteiger partial charge in [0.05, 0.1) is 5.56 Å². The Hall–Kier alpha value is -2.80. The normalized spacial score (nSPS) is 16.2. The molecule has 30 heavy (non-hydrogen) atoms. The fraction of sp³-hybridized carbons (Fsp3) is 0.217. The summed E-state index contributed by atoms with van der Waals surface area (Å²) in [6.07, 6.45) is -4.43. The van der Waals surface area contributed by atoms with E-state index in [0.29, 0.717) is 5.56 Å².